The molecule has 2 amide bonds. The van der Waals surface area contributed by atoms with Gasteiger partial charge in [0.2, 0.25) is 11.8 Å². The van der Waals surface area contributed by atoms with Crippen LogP contribution in [0.1, 0.15) is 24.0 Å². The number of nitrogens with one attached hydrogen (secondary N) is 1. The fraction of sp³-hybridized carbons (Fsp3) is 0.391. The van der Waals surface area contributed by atoms with Crippen molar-refractivity contribution >= 4 is 36.0 Å². The summed E-state index contributed by atoms with van der Waals surface area (Å²) in [6, 6.07) is 5.39. The fourth-order valence-electron chi connectivity index (χ4n) is 3.73. The number of nitrogens with zero attached hydrogens (tertiary/aromatic N) is 3. The van der Waals surface area contributed by atoms with Crippen molar-refractivity contribution in [2.24, 2.45) is 5.92 Å². The quantitative estimate of drug-likeness (QED) is 0.568. The van der Waals surface area contributed by atoms with E-state index in [0.29, 0.717) is 18.4 Å². The van der Waals surface area contributed by atoms with Crippen molar-refractivity contribution in [3.63, 3.8) is 0 Å². The smallest absolute Gasteiger partial charge is 0.359 e. The summed E-state index contributed by atoms with van der Waals surface area (Å²) in [7, 11) is 3.03. The first kappa shape index (κ1) is 28.0. The van der Waals surface area contributed by atoms with E-state index in [9.17, 15) is 27.2 Å². The average Bonchev–Trinajstić information content (AvgIpc) is 2.78. The van der Waals surface area contributed by atoms with Gasteiger partial charge < -0.3 is 19.9 Å². The Kier molecular flexibility index (Phi) is 9.58. The van der Waals surface area contributed by atoms with E-state index in [-0.39, 0.29) is 47.7 Å². The van der Waals surface area contributed by atoms with Gasteiger partial charge in [-0.25, -0.2) is 9.37 Å². The van der Waals surface area contributed by atoms with Crippen LogP contribution in [-0.4, -0.2) is 55.2 Å². The van der Waals surface area contributed by atoms with E-state index in [1.54, 1.807) is 0 Å². The van der Waals surface area contributed by atoms with Gasteiger partial charge in [-0.3, -0.25) is 9.59 Å². The van der Waals surface area contributed by atoms with E-state index >= 15 is 0 Å². The predicted octanol–water partition coefficient (Wildman–Crippen LogP) is 3.70. The summed E-state index contributed by atoms with van der Waals surface area (Å²) in [6.07, 6.45) is -2.32. The molecule has 0 bridgehead atoms. The summed E-state index contributed by atoms with van der Waals surface area (Å²) in [5, 5.41) is 2.69. The number of carbonyl (C=O) groups excluding carboxylic acids is 3. The van der Waals surface area contributed by atoms with Gasteiger partial charge in [0.05, 0.1) is 17.1 Å². The van der Waals surface area contributed by atoms with E-state index in [1.165, 1.54) is 42.2 Å². The summed E-state index contributed by atoms with van der Waals surface area (Å²) in [6.45, 7) is 1.85. The van der Waals surface area contributed by atoms with Crippen molar-refractivity contribution in [3.8, 4) is 0 Å². The van der Waals surface area contributed by atoms with E-state index < -0.39 is 17.6 Å². The molecule has 1 heterocycles. The highest BCUT2D eigenvalue weighted by Crippen LogP contribution is 2.34. The molecule has 3 rings (SSSR count). The molecule has 0 spiro atoms. The molecule has 2 aromatic rings. The maximum absolute atomic E-state index is 14.2. The second-order valence-corrected chi connectivity index (χ2v) is 8.40. The Morgan fingerprint density at radius 2 is 1.80 bits per heavy atom. The molecule has 1 N–H and O–H groups in total. The number of pyridine rings is 1. The summed E-state index contributed by atoms with van der Waals surface area (Å²) >= 11 is 5.73. The molecule has 1 aliphatic carbocycles. The summed E-state index contributed by atoms with van der Waals surface area (Å²) in [4.78, 5) is 39.8. The third-order valence-electron chi connectivity index (χ3n) is 5.65. The van der Waals surface area contributed by atoms with Crippen molar-refractivity contribution in [2.75, 3.05) is 25.5 Å². The number of carbonyl (C=O) groups is 3. The molecule has 0 aliphatic heterocycles. The molecule has 0 unspecified atom stereocenters. The standard InChI is InChI=1S/C22H23ClF4N4O2.CH2O/c1-28-21(33)14-7-17(8-14)31(11-13-3-5-15(6-4-13)22(25,26)27)19(32)12-30(2)20-18(24)9-16(23)10-29-20;1-2/h3-6,9-10,14,17H,7-8,11-12H2,1-2H3,(H,28,33);1H2. The molecule has 0 radical (unpaired) electrons. The summed E-state index contributed by atoms with van der Waals surface area (Å²) in [5.74, 6) is -1.47. The van der Waals surface area contributed by atoms with Crippen LogP contribution >= 0.6 is 11.6 Å². The van der Waals surface area contributed by atoms with Crippen molar-refractivity contribution < 1.29 is 31.9 Å². The minimum Gasteiger partial charge on any atom is -0.359 e. The Hall–Kier alpha value is -3.21. The van der Waals surface area contributed by atoms with Gasteiger partial charge in [-0.2, -0.15) is 13.2 Å². The Morgan fingerprint density at radius 1 is 1.20 bits per heavy atom. The second kappa shape index (κ2) is 12.0. The second-order valence-electron chi connectivity index (χ2n) is 7.97. The summed E-state index contributed by atoms with van der Waals surface area (Å²) in [5.41, 5.74) is -0.269. The number of hydrogen-bond donors (Lipinski definition) is 1. The van der Waals surface area contributed by atoms with Crippen LogP contribution in [0, 0.1) is 11.7 Å². The fourth-order valence-corrected chi connectivity index (χ4v) is 3.88. The lowest BCUT2D eigenvalue weighted by molar-refractivity contribution is -0.140. The SMILES string of the molecule is C=O.CNC(=O)C1CC(N(Cc2ccc(C(F)(F)F)cc2)C(=O)CN(C)c2ncc(Cl)cc2F)C1. The molecule has 35 heavy (non-hydrogen) atoms. The van der Waals surface area contributed by atoms with E-state index in [1.807, 2.05) is 6.79 Å². The maximum Gasteiger partial charge on any atom is 0.416 e. The van der Waals surface area contributed by atoms with E-state index in [0.717, 1.165) is 18.2 Å². The number of anilines is 1. The average molecular weight is 517 g/mol. The lowest BCUT2D eigenvalue weighted by atomic mass is 9.78. The third kappa shape index (κ3) is 7.14. The largest absolute Gasteiger partial charge is 0.416 e. The molecular formula is C23H25ClF4N4O3. The van der Waals surface area contributed by atoms with Crippen LogP contribution in [0.4, 0.5) is 23.4 Å². The highest BCUT2D eigenvalue weighted by Gasteiger charge is 2.39. The zero-order chi connectivity index (χ0) is 26.3. The van der Waals surface area contributed by atoms with Crippen LogP contribution in [0.15, 0.2) is 36.5 Å². The van der Waals surface area contributed by atoms with Gasteiger partial charge in [0.15, 0.2) is 11.6 Å². The number of halogens is 5. The number of amides is 2. The first-order valence-electron chi connectivity index (χ1n) is 10.5. The minimum atomic E-state index is -4.46. The number of likely N-dealkylation sites (N-methyl/N-ethyl adjacent to an activating group) is 1. The molecule has 12 heteroatoms. The first-order valence-corrected chi connectivity index (χ1v) is 10.9. The summed E-state index contributed by atoms with van der Waals surface area (Å²) < 4.78 is 52.8. The maximum atomic E-state index is 14.2. The predicted molar refractivity (Wildman–Crippen MR) is 122 cm³/mol. The Labute approximate surface area is 205 Å². The highest BCUT2D eigenvalue weighted by atomic mass is 35.5. The number of aromatic nitrogens is 1. The number of rotatable bonds is 7. The third-order valence-corrected chi connectivity index (χ3v) is 5.85. The molecule has 1 aliphatic rings. The zero-order valence-electron chi connectivity index (χ0n) is 19.1. The van der Waals surface area contributed by atoms with Crippen LogP contribution < -0.4 is 10.2 Å². The van der Waals surface area contributed by atoms with Crippen molar-refractivity contribution in [1.82, 2.24) is 15.2 Å². The van der Waals surface area contributed by atoms with Crippen LogP contribution in [0.3, 0.4) is 0 Å². The lowest BCUT2D eigenvalue weighted by Gasteiger charge is -2.42. The first-order chi connectivity index (χ1) is 16.5. The molecule has 1 aromatic carbocycles. The molecule has 1 fully saturated rings. The molecule has 1 saturated carbocycles. The van der Waals surface area contributed by atoms with Gasteiger partial charge in [-0.15, -0.1) is 0 Å². The lowest BCUT2D eigenvalue weighted by Crippen LogP contribution is -2.53. The number of hydrogen-bond acceptors (Lipinski definition) is 5. The van der Waals surface area contributed by atoms with Crippen LogP contribution in [-0.2, 0) is 27.1 Å². The van der Waals surface area contributed by atoms with Gasteiger partial charge in [0.25, 0.3) is 0 Å². The number of benzene rings is 1. The monoisotopic (exact) mass is 516 g/mol. The Bertz CT molecular complexity index is 1030. The molecular weight excluding hydrogens is 492 g/mol. The van der Waals surface area contributed by atoms with Crippen LogP contribution in [0.25, 0.3) is 0 Å². The zero-order valence-corrected chi connectivity index (χ0v) is 19.9. The topological polar surface area (TPSA) is 82.6 Å². The number of alkyl halides is 3. The van der Waals surface area contributed by atoms with Gasteiger partial charge in [0.1, 0.15) is 6.79 Å². The highest BCUT2D eigenvalue weighted by molar-refractivity contribution is 6.30. The van der Waals surface area contributed by atoms with Gasteiger partial charge in [-0.05, 0) is 36.6 Å². The molecule has 7 nitrogen and oxygen atoms in total. The van der Waals surface area contributed by atoms with Crippen LogP contribution in [0.2, 0.25) is 5.02 Å². The minimum absolute atomic E-state index is 0.0564. The van der Waals surface area contributed by atoms with E-state index in [4.69, 9.17) is 16.4 Å². The Balaban J connectivity index is 0.00000210. The van der Waals surface area contributed by atoms with E-state index in [2.05, 4.69) is 10.3 Å². The molecule has 1 aromatic heterocycles. The van der Waals surface area contributed by atoms with Gasteiger partial charge in [0, 0.05) is 38.8 Å². The molecule has 190 valence electrons. The van der Waals surface area contributed by atoms with Crippen molar-refractivity contribution in [3.05, 3.63) is 58.5 Å². The van der Waals surface area contributed by atoms with Gasteiger partial charge in [-0.1, -0.05) is 23.7 Å². The van der Waals surface area contributed by atoms with Gasteiger partial charge >= 0.3 is 6.18 Å². The van der Waals surface area contributed by atoms with Crippen molar-refractivity contribution in [2.45, 2.75) is 31.6 Å². The molecule has 0 saturated heterocycles. The normalized spacial score (nSPS) is 16.9. The molecule has 0 atom stereocenters. The van der Waals surface area contributed by atoms with Crippen LogP contribution in [0.5, 0.6) is 0 Å². The Morgan fingerprint density at radius 3 is 2.31 bits per heavy atom. The van der Waals surface area contributed by atoms with Crippen molar-refractivity contribution in [1.29, 1.82) is 0 Å².